The first kappa shape index (κ1) is 19.2. The molecule has 0 unspecified atom stereocenters. The van der Waals surface area contributed by atoms with Crippen molar-refractivity contribution in [2.24, 2.45) is 0 Å². The molecule has 0 bridgehead atoms. The monoisotopic (exact) mass is 250 g/mol. The molecule has 0 aliphatic rings. The summed E-state index contributed by atoms with van der Waals surface area (Å²) in [7, 11) is 1.72. The molecule has 0 rings (SSSR count). The second kappa shape index (κ2) is 12.5. The first-order chi connectivity index (χ1) is 5.47. The van der Waals surface area contributed by atoms with Gasteiger partial charge in [0.05, 0.1) is 5.75 Å². The largest absolute Gasteiger partial charge is 0.232 e. The maximum absolute atomic E-state index is 10.3. The van der Waals surface area contributed by atoms with Crippen molar-refractivity contribution in [3.8, 4) is 0 Å². The number of hydrogen-bond donors (Lipinski definition) is 0. The lowest BCUT2D eigenvalue weighted by Gasteiger charge is -1.92. The number of hydrogen-bond acceptors (Lipinski definition) is 2. The molecular weight excluding hydrogens is 231 g/mol. The first-order valence-electron chi connectivity index (χ1n) is 4.40. The Labute approximate surface area is 92.9 Å². The highest BCUT2D eigenvalue weighted by Gasteiger charge is 2.02. The van der Waals surface area contributed by atoms with Gasteiger partial charge in [-0.25, -0.2) is 8.42 Å². The Kier molecular flexibility index (Phi) is 18.5. The molecule has 0 aliphatic heterocycles. The van der Waals surface area contributed by atoms with E-state index in [-0.39, 0.29) is 18.2 Å². The van der Waals surface area contributed by atoms with E-state index in [0.29, 0.717) is 6.42 Å². The van der Waals surface area contributed by atoms with E-state index in [1.54, 1.807) is 0 Å². The van der Waals surface area contributed by atoms with Gasteiger partial charge in [0, 0.05) is 10.7 Å². The topological polar surface area (TPSA) is 34.1 Å². The van der Waals surface area contributed by atoms with Gasteiger partial charge < -0.3 is 0 Å². The Bertz CT molecular complexity index is 167. The molecule has 2 nitrogen and oxygen atoms in total. The molecule has 0 saturated heterocycles. The van der Waals surface area contributed by atoms with E-state index in [0.717, 1.165) is 12.8 Å². The average molecular weight is 251 g/mol. The quantitative estimate of drug-likeness (QED) is 0.565. The van der Waals surface area contributed by atoms with Crippen molar-refractivity contribution >= 4 is 32.1 Å². The maximum atomic E-state index is 10.3. The predicted molar refractivity (Wildman–Crippen MR) is 62.4 cm³/mol. The molecule has 84 valence electrons. The van der Waals surface area contributed by atoms with Crippen LogP contribution >= 0.6 is 23.1 Å². The third-order valence-corrected chi connectivity index (χ3v) is 2.23. The van der Waals surface area contributed by atoms with Gasteiger partial charge in [-0.3, -0.25) is 0 Å². The van der Waals surface area contributed by atoms with Gasteiger partial charge in [0.2, 0.25) is 9.05 Å². The van der Waals surface area contributed by atoms with Gasteiger partial charge in [-0.2, -0.15) is 0 Å². The van der Waals surface area contributed by atoms with Crippen molar-refractivity contribution in [2.75, 3.05) is 5.75 Å². The molecule has 5 heteroatoms. The molecule has 0 aliphatic carbocycles. The lowest BCUT2D eigenvalue weighted by Crippen LogP contribution is -1.95. The Morgan fingerprint density at radius 3 is 1.69 bits per heavy atom. The molecule has 0 spiro atoms. The van der Waals surface area contributed by atoms with Crippen LogP contribution in [0.2, 0.25) is 0 Å². The number of unbranched alkanes of at least 4 members (excludes halogenated alkanes) is 2. The van der Waals surface area contributed by atoms with Crippen molar-refractivity contribution in [2.45, 2.75) is 46.5 Å². The first-order valence-corrected chi connectivity index (χ1v) is 6.88. The van der Waals surface area contributed by atoms with Gasteiger partial charge in [0.15, 0.2) is 0 Å². The van der Waals surface area contributed by atoms with Gasteiger partial charge in [-0.1, -0.05) is 40.0 Å². The molecule has 0 aromatic heterocycles. The normalized spacial score (nSPS) is 9.54. The van der Waals surface area contributed by atoms with Crippen LogP contribution in [0.15, 0.2) is 0 Å². The van der Waals surface area contributed by atoms with E-state index in [2.05, 4.69) is 13.8 Å². The van der Waals surface area contributed by atoms with E-state index in [4.69, 9.17) is 10.7 Å². The Morgan fingerprint density at radius 2 is 1.46 bits per heavy atom. The fourth-order valence-corrected chi connectivity index (χ4v) is 1.40. The van der Waals surface area contributed by atoms with Crippen LogP contribution < -0.4 is 0 Å². The summed E-state index contributed by atoms with van der Waals surface area (Å²) in [5.74, 6) is 0.113. The number of halogens is 2. The molecule has 0 amide bonds. The fourth-order valence-electron chi connectivity index (χ4n) is 0.524. The summed E-state index contributed by atoms with van der Waals surface area (Å²) in [6.07, 6.45) is 3.89. The van der Waals surface area contributed by atoms with Crippen LogP contribution in [0.5, 0.6) is 0 Å². The zero-order valence-electron chi connectivity index (χ0n) is 8.55. The minimum Gasteiger partial charge on any atom is -0.212 e. The molecule has 0 fully saturated rings. The van der Waals surface area contributed by atoms with Crippen LogP contribution in [-0.2, 0) is 9.05 Å². The minimum absolute atomic E-state index is 0. The summed E-state index contributed by atoms with van der Waals surface area (Å²) < 4.78 is 20.5. The van der Waals surface area contributed by atoms with Crippen LogP contribution in [0.4, 0.5) is 0 Å². The summed E-state index contributed by atoms with van der Waals surface area (Å²) in [6, 6.07) is 0. The molecule has 0 heterocycles. The highest BCUT2D eigenvalue weighted by Crippen LogP contribution is 2.02. The summed E-state index contributed by atoms with van der Waals surface area (Å²) in [5.41, 5.74) is 0. The summed E-state index contributed by atoms with van der Waals surface area (Å²) >= 11 is 0. The summed E-state index contributed by atoms with van der Waals surface area (Å²) in [6.45, 7) is 6.26. The standard InChI is InChI=1S/C5H11ClO2S.C3H8.ClH/c1-2-3-4-5-9(6,7)8;1-3-2;/h2-5H2,1H3;3H2,1-2H3;1H. The van der Waals surface area contributed by atoms with E-state index >= 15 is 0 Å². The smallest absolute Gasteiger partial charge is 0.212 e. The van der Waals surface area contributed by atoms with Gasteiger partial charge in [0.1, 0.15) is 0 Å². The maximum Gasteiger partial charge on any atom is 0.232 e. The van der Waals surface area contributed by atoms with Crippen LogP contribution in [0.25, 0.3) is 0 Å². The highest BCUT2D eigenvalue weighted by molar-refractivity contribution is 8.13. The summed E-state index contributed by atoms with van der Waals surface area (Å²) in [4.78, 5) is 0. The second-order valence-electron chi connectivity index (χ2n) is 2.66. The molecule has 0 aromatic carbocycles. The van der Waals surface area contributed by atoms with E-state index in [1.165, 1.54) is 6.42 Å². The zero-order valence-corrected chi connectivity index (χ0v) is 10.9. The Morgan fingerprint density at radius 1 is 1.08 bits per heavy atom. The Hall–Kier alpha value is 0.530. The van der Waals surface area contributed by atoms with Crippen molar-refractivity contribution in [1.29, 1.82) is 0 Å². The minimum atomic E-state index is -3.22. The third-order valence-electron chi connectivity index (χ3n) is 0.992. The molecular formula is C8H20Cl2O2S. The van der Waals surface area contributed by atoms with Gasteiger partial charge >= 0.3 is 0 Å². The van der Waals surface area contributed by atoms with Crippen LogP contribution in [0.3, 0.4) is 0 Å². The number of rotatable bonds is 4. The molecule has 0 aromatic rings. The van der Waals surface area contributed by atoms with Crippen molar-refractivity contribution in [3.63, 3.8) is 0 Å². The van der Waals surface area contributed by atoms with Crippen molar-refractivity contribution < 1.29 is 8.42 Å². The molecule has 0 atom stereocenters. The van der Waals surface area contributed by atoms with Crippen molar-refractivity contribution in [1.82, 2.24) is 0 Å². The van der Waals surface area contributed by atoms with Gasteiger partial charge in [0.25, 0.3) is 0 Å². The van der Waals surface area contributed by atoms with E-state index in [1.807, 2.05) is 6.92 Å². The van der Waals surface area contributed by atoms with E-state index in [9.17, 15) is 8.42 Å². The predicted octanol–water partition coefficient (Wildman–Crippen LogP) is 3.58. The lowest BCUT2D eigenvalue weighted by atomic mass is 10.3. The van der Waals surface area contributed by atoms with Crippen LogP contribution in [0, 0.1) is 0 Å². The lowest BCUT2D eigenvalue weighted by molar-refractivity contribution is 0.604. The second-order valence-corrected chi connectivity index (χ2v) is 5.55. The highest BCUT2D eigenvalue weighted by atomic mass is 35.7. The van der Waals surface area contributed by atoms with Crippen molar-refractivity contribution in [3.05, 3.63) is 0 Å². The Balaban J connectivity index is -0.000000220. The van der Waals surface area contributed by atoms with Crippen LogP contribution in [-0.4, -0.2) is 14.2 Å². The molecule has 0 saturated carbocycles. The van der Waals surface area contributed by atoms with Gasteiger partial charge in [-0.05, 0) is 6.42 Å². The van der Waals surface area contributed by atoms with E-state index < -0.39 is 9.05 Å². The SMILES string of the molecule is CCC.CCCCCS(=O)(=O)Cl.Cl. The average Bonchev–Trinajstić information content (AvgIpc) is 1.87. The third kappa shape index (κ3) is 32.6. The molecule has 13 heavy (non-hydrogen) atoms. The van der Waals surface area contributed by atoms with Crippen LogP contribution in [0.1, 0.15) is 46.5 Å². The molecule has 0 radical (unpaired) electrons. The fraction of sp³-hybridized carbons (Fsp3) is 1.00. The summed E-state index contributed by atoms with van der Waals surface area (Å²) in [5, 5.41) is 0. The van der Waals surface area contributed by atoms with Gasteiger partial charge in [-0.15, -0.1) is 12.4 Å². The zero-order chi connectivity index (χ0) is 10.0. The molecule has 0 N–H and O–H groups in total.